The van der Waals surface area contributed by atoms with Gasteiger partial charge in [-0.2, -0.15) is 30.7 Å². The van der Waals surface area contributed by atoms with Gasteiger partial charge in [-0.15, -0.1) is 0 Å². The van der Waals surface area contributed by atoms with Gasteiger partial charge in [-0.25, -0.2) is 0 Å². The molecule has 4 aliphatic carbocycles. The number of hydrogen-bond acceptors (Lipinski definition) is 3. The third kappa shape index (κ3) is 4.14. The molecule has 0 unspecified atom stereocenters. The van der Waals surface area contributed by atoms with Gasteiger partial charge in [0.25, 0.3) is 0 Å². The van der Waals surface area contributed by atoms with Crippen LogP contribution in [0.5, 0.6) is 0 Å². The van der Waals surface area contributed by atoms with Crippen LogP contribution in [0.25, 0.3) is 0 Å². The van der Waals surface area contributed by atoms with E-state index in [0.29, 0.717) is 29.2 Å². The van der Waals surface area contributed by atoms with Gasteiger partial charge in [-0.3, -0.25) is 9.79 Å². The summed E-state index contributed by atoms with van der Waals surface area (Å²) in [4.78, 5) is 15.8. The minimum atomic E-state index is -6.45. The van der Waals surface area contributed by atoms with Gasteiger partial charge >= 0.3 is 24.0 Å². The second-order valence-electron chi connectivity index (χ2n) is 9.48. The van der Waals surface area contributed by atoms with Crippen LogP contribution in [0.4, 0.5) is 30.7 Å². The number of alkyl halides is 7. The van der Waals surface area contributed by atoms with Crippen molar-refractivity contribution in [3.8, 4) is 0 Å². The molecule has 33 heavy (non-hydrogen) atoms. The van der Waals surface area contributed by atoms with Crippen LogP contribution in [0.1, 0.15) is 43.2 Å². The lowest BCUT2D eigenvalue weighted by Gasteiger charge is -2.53. The number of carbonyl (C=O) groups is 1. The summed E-state index contributed by atoms with van der Waals surface area (Å²) in [6, 6.07) is 4.42. The number of aliphatic imine (C=N–C) groups is 1. The summed E-state index contributed by atoms with van der Waals surface area (Å²) in [5.74, 6) is -10.2. The Bertz CT molecular complexity index is 896. The second-order valence-corrected chi connectivity index (χ2v) is 9.48. The fourth-order valence-electron chi connectivity index (χ4n) is 6.10. The third-order valence-electron chi connectivity index (χ3n) is 7.38. The Labute approximate surface area is 186 Å². The molecule has 0 atom stereocenters. The Hall–Kier alpha value is -2.13. The minimum Gasteiger partial charge on any atom is -0.461 e. The van der Waals surface area contributed by atoms with Gasteiger partial charge in [0.2, 0.25) is 0 Å². The van der Waals surface area contributed by atoms with Gasteiger partial charge < -0.3 is 4.74 Å². The predicted octanol–water partition coefficient (Wildman–Crippen LogP) is 6.05. The smallest absolute Gasteiger partial charge is 0.460 e. The molecule has 3 nitrogen and oxygen atoms in total. The molecule has 0 spiro atoms. The van der Waals surface area contributed by atoms with Crippen molar-refractivity contribution in [2.75, 3.05) is 7.05 Å². The molecule has 0 aromatic heterocycles. The normalized spacial score (nSPS) is 29.9. The van der Waals surface area contributed by atoms with Crippen molar-refractivity contribution in [1.29, 1.82) is 0 Å². The molecular weight excluding hydrogens is 455 g/mol. The van der Waals surface area contributed by atoms with Crippen LogP contribution in [0.2, 0.25) is 0 Å². The van der Waals surface area contributed by atoms with E-state index in [1.807, 2.05) is 0 Å². The molecule has 4 bridgehead atoms. The highest BCUT2D eigenvalue weighted by molar-refractivity contribution is 6.06. The molecule has 0 amide bonds. The standard InChI is InChI=1S/C23H24F7NO2/c1-31-19(21(24,25)22(26,27)23(28,29)30)15-4-2-12(3-5-15)11-33-20(32)18-16-7-13-6-14(9-16)10-17(18)8-13/h2-5,13-14,16-18H,6-11H2,1H3/b31-19-. The zero-order valence-corrected chi connectivity index (χ0v) is 17.8. The Morgan fingerprint density at radius 1 is 0.909 bits per heavy atom. The SMILES string of the molecule is C/N=C(/c1ccc(COC(=O)C2C3CC4CC(C3)CC2C4)cc1)C(F)(F)C(F)(F)C(F)(F)F. The molecule has 182 valence electrons. The topological polar surface area (TPSA) is 38.7 Å². The van der Waals surface area contributed by atoms with Crippen LogP contribution in [0.3, 0.4) is 0 Å². The predicted molar refractivity (Wildman–Crippen MR) is 105 cm³/mol. The quantitative estimate of drug-likeness (QED) is 0.283. The largest absolute Gasteiger partial charge is 0.461 e. The van der Waals surface area contributed by atoms with Crippen LogP contribution >= 0.6 is 0 Å². The number of carbonyl (C=O) groups excluding carboxylic acids is 1. The summed E-state index contributed by atoms with van der Waals surface area (Å²) < 4.78 is 98.0. The molecule has 10 heteroatoms. The Morgan fingerprint density at radius 3 is 1.88 bits per heavy atom. The van der Waals surface area contributed by atoms with Crippen molar-refractivity contribution in [3.63, 3.8) is 0 Å². The maximum atomic E-state index is 14.1. The van der Waals surface area contributed by atoms with E-state index >= 15 is 0 Å². The number of hydrogen-bond donors (Lipinski definition) is 0. The zero-order valence-electron chi connectivity index (χ0n) is 17.8. The number of nitrogens with zero attached hydrogens (tertiary/aromatic N) is 1. The minimum absolute atomic E-state index is 0.140. The van der Waals surface area contributed by atoms with Crippen LogP contribution in [0, 0.1) is 29.6 Å². The van der Waals surface area contributed by atoms with Gasteiger partial charge in [-0.1, -0.05) is 24.3 Å². The highest BCUT2D eigenvalue weighted by Crippen LogP contribution is 2.56. The third-order valence-corrected chi connectivity index (χ3v) is 7.38. The van der Waals surface area contributed by atoms with Crippen molar-refractivity contribution in [1.82, 2.24) is 0 Å². The van der Waals surface area contributed by atoms with E-state index in [0.717, 1.165) is 44.9 Å². The fourth-order valence-corrected chi connectivity index (χ4v) is 6.10. The average Bonchev–Trinajstić information content (AvgIpc) is 2.71. The molecule has 0 aliphatic heterocycles. The number of rotatable bonds is 6. The summed E-state index contributed by atoms with van der Waals surface area (Å²) in [7, 11) is 0.719. The molecule has 4 aliphatic rings. The maximum absolute atomic E-state index is 14.1. The summed E-state index contributed by atoms with van der Waals surface area (Å²) in [6.45, 7) is -0.143. The van der Waals surface area contributed by atoms with Gasteiger partial charge in [0.05, 0.1) is 5.92 Å². The van der Waals surface area contributed by atoms with E-state index in [4.69, 9.17) is 4.74 Å². The van der Waals surface area contributed by atoms with Crippen LogP contribution in [-0.4, -0.2) is 36.8 Å². The highest BCUT2D eigenvalue weighted by atomic mass is 19.4. The molecule has 1 aromatic rings. The lowest BCUT2D eigenvalue weighted by Crippen LogP contribution is -2.56. The van der Waals surface area contributed by atoms with Gasteiger partial charge in [0, 0.05) is 12.6 Å². The first-order chi connectivity index (χ1) is 15.3. The summed E-state index contributed by atoms with van der Waals surface area (Å²) in [5.41, 5.74) is -1.86. The van der Waals surface area contributed by atoms with E-state index in [-0.39, 0.29) is 18.5 Å². The van der Waals surface area contributed by atoms with Crippen molar-refractivity contribution in [2.45, 2.75) is 56.7 Å². The zero-order chi connectivity index (χ0) is 24.2. The van der Waals surface area contributed by atoms with Crippen molar-refractivity contribution in [2.24, 2.45) is 34.6 Å². The molecule has 0 radical (unpaired) electrons. The van der Waals surface area contributed by atoms with Gasteiger partial charge in [0.1, 0.15) is 12.3 Å². The van der Waals surface area contributed by atoms with E-state index in [2.05, 4.69) is 4.99 Å². The first kappa shape index (κ1) is 24.0. The van der Waals surface area contributed by atoms with E-state index in [9.17, 15) is 35.5 Å². The van der Waals surface area contributed by atoms with Crippen LogP contribution in [-0.2, 0) is 16.1 Å². The molecule has 0 saturated heterocycles. The molecule has 1 aromatic carbocycles. The molecule has 4 fully saturated rings. The Morgan fingerprint density at radius 2 is 1.42 bits per heavy atom. The highest BCUT2D eigenvalue weighted by Gasteiger charge is 2.74. The molecule has 5 rings (SSSR count). The van der Waals surface area contributed by atoms with Crippen LogP contribution < -0.4 is 0 Å². The number of ether oxygens (including phenoxy) is 1. The number of esters is 1. The average molecular weight is 479 g/mol. The number of halogens is 7. The summed E-state index contributed by atoms with van der Waals surface area (Å²) in [6.07, 6.45) is -1.04. The number of benzene rings is 1. The Kier molecular flexibility index (Phi) is 6.02. The van der Waals surface area contributed by atoms with Crippen LogP contribution in [0.15, 0.2) is 29.3 Å². The van der Waals surface area contributed by atoms with Crippen molar-refractivity contribution >= 4 is 11.7 Å². The second kappa shape index (κ2) is 8.27. The lowest BCUT2D eigenvalue weighted by molar-refractivity contribution is -0.336. The summed E-state index contributed by atoms with van der Waals surface area (Å²) >= 11 is 0. The van der Waals surface area contributed by atoms with Gasteiger partial charge in [0.15, 0.2) is 0 Å². The maximum Gasteiger partial charge on any atom is 0.460 e. The van der Waals surface area contributed by atoms with E-state index < -0.39 is 29.3 Å². The van der Waals surface area contributed by atoms with Gasteiger partial charge in [-0.05, 0) is 61.3 Å². The summed E-state index contributed by atoms with van der Waals surface area (Å²) in [5, 5.41) is 0. The molecule has 0 heterocycles. The first-order valence-corrected chi connectivity index (χ1v) is 10.9. The Balaban J connectivity index is 1.41. The lowest BCUT2D eigenvalue weighted by atomic mass is 9.52. The van der Waals surface area contributed by atoms with Crippen molar-refractivity contribution < 1.29 is 40.3 Å². The first-order valence-electron chi connectivity index (χ1n) is 10.9. The molecule has 4 saturated carbocycles. The molecule has 0 N–H and O–H groups in total. The fraction of sp³-hybridized carbons (Fsp3) is 0.652. The van der Waals surface area contributed by atoms with E-state index in [1.165, 1.54) is 18.6 Å². The van der Waals surface area contributed by atoms with E-state index in [1.54, 1.807) is 0 Å². The monoisotopic (exact) mass is 479 g/mol. The van der Waals surface area contributed by atoms with Crippen molar-refractivity contribution in [3.05, 3.63) is 35.4 Å². The molecular formula is C23H24F7NO2.